The molecule has 5 aromatic carbocycles. The van der Waals surface area contributed by atoms with Crippen LogP contribution in [0.5, 0.6) is 0 Å². The quantitative estimate of drug-likeness (QED) is 0.101. The Hall–Kier alpha value is -4.87. The van der Waals surface area contributed by atoms with E-state index in [-0.39, 0.29) is 12.4 Å². The van der Waals surface area contributed by atoms with E-state index in [1.54, 1.807) is 24.4 Å². The van der Waals surface area contributed by atoms with Gasteiger partial charge in [-0.1, -0.05) is 108 Å². The highest BCUT2D eigenvalue weighted by Crippen LogP contribution is 2.40. The van der Waals surface area contributed by atoms with Crippen LogP contribution in [0, 0.1) is 5.82 Å². The number of oxime groups is 1. The lowest BCUT2D eigenvalue weighted by molar-refractivity contribution is 0.0183. The fraction of sp³-hybridized carbons (Fsp3) is 0.0588. The normalized spacial score (nSPS) is 11.4. The van der Waals surface area contributed by atoms with Crippen LogP contribution in [0.2, 0.25) is 0 Å². The second-order valence-electron chi connectivity index (χ2n) is 9.02. The summed E-state index contributed by atoms with van der Waals surface area (Å²) in [6, 6.07) is 40.1. The minimum absolute atomic E-state index is 0.296. The van der Waals surface area contributed by atoms with Gasteiger partial charge in [0.25, 0.3) is 0 Å². The zero-order chi connectivity index (χ0) is 27.1. The van der Waals surface area contributed by atoms with E-state index < -0.39 is 11.4 Å². The van der Waals surface area contributed by atoms with E-state index in [2.05, 4.69) is 5.16 Å². The van der Waals surface area contributed by atoms with Crippen molar-refractivity contribution in [3.05, 3.63) is 178 Å². The van der Waals surface area contributed by atoms with Crippen molar-refractivity contribution in [2.24, 2.45) is 5.16 Å². The van der Waals surface area contributed by atoms with Gasteiger partial charge in [0.15, 0.2) is 5.78 Å². The largest absolute Gasteiger partial charge is 0.392 e. The van der Waals surface area contributed by atoms with Crippen LogP contribution in [0.1, 0.15) is 43.7 Å². The molecule has 0 aliphatic heterocycles. The van der Waals surface area contributed by atoms with Gasteiger partial charge in [-0.3, -0.25) is 4.79 Å². The highest BCUT2D eigenvalue weighted by Gasteiger charge is 2.39. The van der Waals surface area contributed by atoms with Crippen LogP contribution in [0.4, 0.5) is 4.39 Å². The molecular formula is C34H26FNO3. The first-order valence-electron chi connectivity index (χ1n) is 12.5. The summed E-state index contributed by atoms with van der Waals surface area (Å²) >= 11 is 0. The van der Waals surface area contributed by atoms with Gasteiger partial charge in [0.2, 0.25) is 5.60 Å². The molecule has 1 N–H and O–H groups in total. The third kappa shape index (κ3) is 5.40. The molecule has 0 heterocycles. The average Bonchev–Trinajstić information content (AvgIpc) is 3.00. The summed E-state index contributed by atoms with van der Waals surface area (Å²) < 4.78 is 13.3. The Balaban J connectivity index is 1.51. The van der Waals surface area contributed by atoms with Crippen molar-refractivity contribution in [1.82, 2.24) is 0 Å². The maximum absolute atomic E-state index is 13.3. The zero-order valence-electron chi connectivity index (χ0n) is 21.1. The average molecular weight is 516 g/mol. The number of hydrogen-bond acceptors (Lipinski definition) is 4. The van der Waals surface area contributed by atoms with Crippen LogP contribution < -0.4 is 0 Å². The molecule has 5 rings (SSSR count). The van der Waals surface area contributed by atoms with Crippen molar-refractivity contribution in [2.45, 2.75) is 12.2 Å². The molecule has 0 saturated heterocycles. The van der Waals surface area contributed by atoms with Crippen LogP contribution in [0.15, 0.2) is 139 Å². The molecular weight excluding hydrogens is 489 g/mol. The number of benzene rings is 5. The molecule has 5 heteroatoms. The fourth-order valence-electron chi connectivity index (χ4n) is 4.65. The van der Waals surface area contributed by atoms with Crippen molar-refractivity contribution in [3.63, 3.8) is 0 Å². The Kier molecular flexibility index (Phi) is 7.71. The minimum atomic E-state index is -1.02. The second-order valence-corrected chi connectivity index (χ2v) is 9.02. The summed E-state index contributed by atoms with van der Waals surface area (Å²) in [7, 11) is 0. The molecule has 0 saturated carbocycles. The zero-order valence-corrected chi connectivity index (χ0v) is 21.1. The molecule has 0 spiro atoms. The lowest BCUT2D eigenvalue weighted by atomic mass is 9.80. The van der Waals surface area contributed by atoms with Crippen molar-refractivity contribution in [2.75, 3.05) is 0 Å². The first-order valence-corrected chi connectivity index (χ1v) is 12.5. The predicted octanol–water partition coefficient (Wildman–Crippen LogP) is 6.89. The molecule has 0 fully saturated rings. The van der Waals surface area contributed by atoms with Crippen molar-refractivity contribution < 1.29 is 19.1 Å². The summed E-state index contributed by atoms with van der Waals surface area (Å²) in [5.41, 5.74) is 3.50. The van der Waals surface area contributed by atoms with Gasteiger partial charge in [0.1, 0.15) is 5.82 Å². The number of nitrogens with zero attached hydrogens (tertiary/aromatic N) is 1. The lowest BCUT2D eigenvalue weighted by Gasteiger charge is -2.33. The molecule has 192 valence electrons. The van der Waals surface area contributed by atoms with Crippen molar-refractivity contribution >= 4 is 12.0 Å². The molecule has 0 aromatic heterocycles. The van der Waals surface area contributed by atoms with Crippen molar-refractivity contribution in [1.29, 1.82) is 0 Å². The Morgan fingerprint density at radius 3 is 1.74 bits per heavy atom. The number of aliphatic hydroxyl groups excluding tert-OH is 1. The molecule has 0 bridgehead atoms. The Morgan fingerprint density at radius 2 is 1.26 bits per heavy atom. The summed E-state index contributed by atoms with van der Waals surface area (Å²) in [6.07, 6.45) is 1.56. The number of carbonyl (C=O) groups is 1. The number of carbonyl (C=O) groups excluding carboxylic acids is 1. The minimum Gasteiger partial charge on any atom is -0.392 e. The van der Waals surface area contributed by atoms with E-state index in [0.29, 0.717) is 22.3 Å². The van der Waals surface area contributed by atoms with Crippen LogP contribution >= 0.6 is 0 Å². The lowest BCUT2D eigenvalue weighted by Crippen LogP contribution is -2.31. The fourth-order valence-corrected chi connectivity index (χ4v) is 4.65. The molecule has 0 radical (unpaired) electrons. The molecule has 0 amide bonds. The van der Waals surface area contributed by atoms with E-state index in [9.17, 15) is 14.3 Å². The first-order chi connectivity index (χ1) is 19.1. The maximum Gasteiger partial charge on any atom is 0.212 e. The van der Waals surface area contributed by atoms with Crippen LogP contribution in [0.25, 0.3) is 0 Å². The van der Waals surface area contributed by atoms with Crippen LogP contribution in [0.3, 0.4) is 0 Å². The van der Waals surface area contributed by atoms with E-state index in [0.717, 1.165) is 16.7 Å². The molecule has 0 atom stereocenters. The molecule has 0 aliphatic rings. The van der Waals surface area contributed by atoms with Gasteiger partial charge >= 0.3 is 0 Å². The number of aliphatic hydroxyl groups is 1. The van der Waals surface area contributed by atoms with Gasteiger partial charge in [-0.15, -0.1) is 0 Å². The summed E-state index contributed by atoms with van der Waals surface area (Å²) in [4.78, 5) is 19.4. The monoisotopic (exact) mass is 515 g/mol. The Morgan fingerprint density at radius 1 is 0.744 bits per heavy atom. The summed E-state index contributed by atoms with van der Waals surface area (Å²) in [5, 5.41) is 14.4. The highest BCUT2D eigenvalue weighted by atomic mass is 19.1. The van der Waals surface area contributed by atoms with E-state index in [4.69, 9.17) is 4.84 Å². The summed E-state index contributed by atoms with van der Waals surface area (Å²) in [6.45, 7) is -0.340. The predicted molar refractivity (Wildman–Crippen MR) is 150 cm³/mol. The number of hydrogen-bond donors (Lipinski definition) is 1. The molecule has 39 heavy (non-hydrogen) atoms. The van der Waals surface area contributed by atoms with E-state index in [1.165, 1.54) is 24.3 Å². The highest BCUT2D eigenvalue weighted by molar-refractivity contribution is 6.10. The van der Waals surface area contributed by atoms with Crippen LogP contribution in [-0.4, -0.2) is 17.1 Å². The van der Waals surface area contributed by atoms with Gasteiger partial charge in [-0.25, -0.2) is 4.39 Å². The SMILES string of the molecule is O=C(c1ccc(F)cc1)c1ccc(/C=N\OC(c2ccccc2)(c2ccccc2)c2ccccc2)cc1CO. The van der Waals surface area contributed by atoms with Gasteiger partial charge in [0.05, 0.1) is 12.8 Å². The third-order valence-electron chi connectivity index (χ3n) is 6.58. The molecule has 0 unspecified atom stereocenters. The maximum atomic E-state index is 13.3. The summed E-state index contributed by atoms with van der Waals surface area (Å²) in [5.74, 6) is -0.715. The van der Waals surface area contributed by atoms with Gasteiger partial charge in [-0.2, -0.15) is 0 Å². The molecule has 0 aliphatic carbocycles. The van der Waals surface area contributed by atoms with Crippen LogP contribution in [-0.2, 0) is 17.0 Å². The Bertz CT molecular complexity index is 1470. The Labute approximate surface area is 226 Å². The number of halogens is 1. The topological polar surface area (TPSA) is 58.9 Å². The number of rotatable bonds is 9. The third-order valence-corrected chi connectivity index (χ3v) is 6.58. The standard InChI is InChI=1S/C34H26FNO3/c35-31-19-17-26(18-20-31)33(38)32-21-16-25(22-27(32)24-37)23-36-39-34(28-10-4-1-5-11-28,29-12-6-2-7-13-29)30-14-8-3-9-15-30/h1-23,37H,24H2/b36-23-. The van der Waals surface area contributed by atoms with E-state index >= 15 is 0 Å². The first kappa shape index (κ1) is 25.8. The number of ketones is 1. The smallest absolute Gasteiger partial charge is 0.212 e. The molecule has 4 nitrogen and oxygen atoms in total. The second kappa shape index (κ2) is 11.7. The van der Waals surface area contributed by atoms with Gasteiger partial charge < -0.3 is 9.94 Å². The van der Waals surface area contributed by atoms with Crippen molar-refractivity contribution in [3.8, 4) is 0 Å². The van der Waals surface area contributed by atoms with E-state index in [1.807, 2.05) is 91.0 Å². The van der Waals surface area contributed by atoms with Gasteiger partial charge in [0, 0.05) is 27.8 Å². The van der Waals surface area contributed by atoms with Gasteiger partial charge in [-0.05, 0) is 41.5 Å². The molecule has 5 aromatic rings.